The average molecular weight is 281 g/mol. The molecule has 0 aliphatic heterocycles. The summed E-state index contributed by atoms with van der Waals surface area (Å²) in [6.07, 6.45) is 0. The third-order valence-corrected chi connectivity index (χ3v) is 20.8. The highest BCUT2D eigenvalue weighted by molar-refractivity contribution is 9.24. The molecule has 0 radical (unpaired) electrons. The zero-order valence-electron chi connectivity index (χ0n) is 9.37. The Bertz CT molecular complexity index is 121. The molecule has 0 nitrogen and oxygen atoms in total. The summed E-state index contributed by atoms with van der Waals surface area (Å²) < 4.78 is 0. The molecule has 0 fully saturated rings. The average Bonchev–Trinajstić information content (AvgIpc) is 1.49. The lowest BCUT2D eigenvalue weighted by molar-refractivity contribution is 1.56. The summed E-state index contributed by atoms with van der Waals surface area (Å²) in [7, 11) is -1.57. The van der Waals surface area contributed by atoms with E-state index in [1.807, 2.05) is 0 Å². The highest BCUT2D eigenvalue weighted by Gasteiger charge is 2.28. The van der Waals surface area contributed by atoms with Crippen molar-refractivity contribution in [2.24, 2.45) is 0 Å². The molecule has 12 heavy (non-hydrogen) atoms. The summed E-state index contributed by atoms with van der Waals surface area (Å²) in [5.41, 5.74) is 0. The molecule has 0 saturated heterocycles. The molecule has 0 rings (SSSR count). The van der Waals surface area contributed by atoms with Crippen molar-refractivity contribution in [2.75, 3.05) is 0 Å². The van der Waals surface area contributed by atoms with E-state index in [-0.39, 0.29) is 0 Å². The lowest BCUT2D eigenvalue weighted by Crippen LogP contribution is -2.32. The van der Waals surface area contributed by atoms with Crippen molar-refractivity contribution in [3.63, 3.8) is 0 Å². The minimum atomic E-state index is -0.783. The van der Waals surface area contributed by atoms with Crippen LogP contribution >= 0.6 is 14.1 Å². The molecule has 0 heterocycles. The zero-order valence-corrected chi connectivity index (χ0v) is 14.1. The second-order valence-electron chi connectivity index (χ2n) is 6.13. The molecular weight excluding hydrogens is 259 g/mol. The fourth-order valence-corrected chi connectivity index (χ4v) is 31.4. The Hall–Kier alpha value is 1.45. The van der Waals surface area contributed by atoms with Gasteiger partial charge in [0.2, 0.25) is 0 Å². The molecule has 0 bridgehead atoms. The van der Waals surface area contributed by atoms with E-state index in [4.69, 9.17) is 0 Å². The molecule has 0 aliphatic carbocycles. The Balaban J connectivity index is 3.83. The quantitative estimate of drug-likeness (QED) is 0.680. The first-order valence-corrected chi connectivity index (χ1v) is 17.0. The summed E-state index contributed by atoms with van der Waals surface area (Å²) >= 11 is 3.44. The highest BCUT2D eigenvalue weighted by Crippen LogP contribution is 2.22. The van der Waals surface area contributed by atoms with Crippen molar-refractivity contribution in [2.45, 2.75) is 49.1 Å². The number of halogens is 1. The topological polar surface area (TPSA) is 0 Å². The maximum absolute atomic E-state index is 3.96. The minimum absolute atomic E-state index is 0.516. The van der Waals surface area contributed by atoms with E-state index in [1.165, 1.54) is 0 Å². The molecule has 0 aromatic carbocycles. The van der Waals surface area contributed by atoms with E-state index < -0.39 is 28.5 Å². The second kappa shape index (κ2) is 4.79. The van der Waals surface area contributed by atoms with Crippen LogP contribution in [-0.2, 0) is 0 Å². The van der Waals surface area contributed by atoms with E-state index >= 15 is 0 Å². The minimum Gasteiger partial charge on any atom is -0.217 e. The predicted octanol–water partition coefficient (Wildman–Crippen LogP) is 4.13. The summed E-state index contributed by atoms with van der Waals surface area (Å²) in [5, 5.41) is 0. The van der Waals surface area contributed by atoms with Crippen LogP contribution in [0.2, 0.25) is 49.1 Å². The van der Waals surface area contributed by atoms with Crippen molar-refractivity contribution in [3.8, 4) is 0 Å². The van der Waals surface area contributed by atoms with Crippen LogP contribution in [0.15, 0.2) is 0 Å². The van der Waals surface area contributed by atoms with Gasteiger partial charge in [0.15, 0.2) is 0 Å². The van der Waals surface area contributed by atoms with Gasteiger partial charge in [0, 0.05) is 16.1 Å². The largest absolute Gasteiger partial charge is 0.360 e. The molecule has 0 saturated carbocycles. The first-order valence-electron chi connectivity index (χ1n) is 4.74. The van der Waals surface area contributed by atoms with Gasteiger partial charge in [-0.15, -0.1) is 0 Å². The molecule has 72 valence electrons. The molecule has 0 aromatic heterocycles. The van der Waals surface area contributed by atoms with Crippen molar-refractivity contribution >= 4 is 42.5 Å². The summed E-state index contributed by atoms with van der Waals surface area (Å²) in [5.74, 6) is 0. The molecule has 0 aliphatic rings. The summed E-state index contributed by atoms with van der Waals surface area (Å²) in [6.45, 7) is 14.9. The van der Waals surface area contributed by atoms with Gasteiger partial charge in [0.1, 0.15) is 0 Å². The van der Waals surface area contributed by atoms with Crippen LogP contribution in [-0.4, -0.2) is 28.5 Å². The van der Waals surface area contributed by atoms with E-state index in [0.29, 0.717) is 0 Å². The Kier molecular flexibility index (Phi) is 5.37. The van der Waals surface area contributed by atoms with E-state index in [9.17, 15) is 0 Å². The first-order chi connectivity index (χ1) is 5.10. The summed E-state index contributed by atoms with van der Waals surface area (Å²) in [6, 6.07) is 0. The van der Waals surface area contributed by atoms with Gasteiger partial charge in [-0.05, 0) is 0 Å². The van der Waals surface area contributed by atoms with E-state index in [2.05, 4.69) is 53.3 Å². The third kappa shape index (κ3) is 9.53. The molecular formula is C8H22AlBrSi2. The highest BCUT2D eigenvalue weighted by atomic mass is 79.9. The molecule has 4 heteroatoms. The van der Waals surface area contributed by atoms with Crippen LogP contribution < -0.4 is 0 Å². The maximum Gasteiger partial charge on any atom is 0.360 e. The van der Waals surface area contributed by atoms with Crippen molar-refractivity contribution in [1.82, 2.24) is 0 Å². The Labute approximate surface area is 91.2 Å². The van der Waals surface area contributed by atoms with Crippen molar-refractivity contribution < 1.29 is 0 Å². The Morgan fingerprint density at radius 2 is 1.08 bits per heavy atom. The summed E-state index contributed by atoms with van der Waals surface area (Å²) in [4.78, 5) is 3.13. The molecule has 0 N–H and O–H groups in total. The Morgan fingerprint density at radius 1 is 0.833 bits per heavy atom. The van der Waals surface area contributed by atoms with Gasteiger partial charge in [-0.3, -0.25) is 0 Å². The molecule has 0 spiro atoms. The standard InChI is InChI=1S/2C4H11Si.Al.BrH/c2*1-5(2,3)4;;/h2*1H2,2-4H3;;1H/q;;+1;/p-1. The lowest BCUT2D eigenvalue weighted by Gasteiger charge is -2.22. The monoisotopic (exact) mass is 280 g/mol. The van der Waals surface area contributed by atoms with Crippen molar-refractivity contribution in [3.05, 3.63) is 0 Å². The van der Waals surface area contributed by atoms with Gasteiger partial charge >= 0.3 is 12.3 Å². The predicted molar refractivity (Wildman–Crippen MR) is 71.0 cm³/mol. The van der Waals surface area contributed by atoms with Crippen LogP contribution in [0.4, 0.5) is 0 Å². The second-order valence-corrected chi connectivity index (χ2v) is 24.7. The van der Waals surface area contributed by atoms with Crippen LogP contribution in [0, 0.1) is 0 Å². The van der Waals surface area contributed by atoms with Gasteiger partial charge in [-0.25, -0.2) is 14.1 Å². The zero-order chi connectivity index (χ0) is 9.99. The van der Waals surface area contributed by atoms with Crippen LogP contribution in [0.3, 0.4) is 0 Å². The normalized spacial score (nSPS) is 13.2. The smallest absolute Gasteiger partial charge is 0.217 e. The number of hydrogen-bond donors (Lipinski definition) is 0. The molecule has 0 amide bonds. The number of hydrogen-bond acceptors (Lipinski definition) is 0. The van der Waals surface area contributed by atoms with Crippen LogP contribution in [0.5, 0.6) is 0 Å². The molecule has 0 atom stereocenters. The Morgan fingerprint density at radius 3 is 1.25 bits per heavy atom. The fourth-order valence-electron chi connectivity index (χ4n) is 1.40. The van der Waals surface area contributed by atoms with Gasteiger partial charge in [0.05, 0.1) is 0 Å². The maximum atomic E-state index is 3.96. The van der Waals surface area contributed by atoms with E-state index in [1.54, 1.807) is 9.81 Å². The van der Waals surface area contributed by atoms with Gasteiger partial charge in [-0.1, -0.05) is 49.1 Å². The van der Waals surface area contributed by atoms with Gasteiger partial charge in [-0.2, -0.15) is 0 Å². The van der Waals surface area contributed by atoms with Crippen LogP contribution in [0.1, 0.15) is 0 Å². The molecule has 0 unspecified atom stereocenters. The van der Waals surface area contributed by atoms with Crippen molar-refractivity contribution in [1.29, 1.82) is 0 Å². The van der Waals surface area contributed by atoms with Crippen LogP contribution in [0.25, 0.3) is 0 Å². The van der Waals surface area contributed by atoms with E-state index in [0.717, 1.165) is 0 Å². The SMILES string of the molecule is C[Si](C)(C)[CH2][Al]([Br])[CH2][Si](C)(C)C. The molecule has 0 aromatic rings. The third-order valence-electron chi connectivity index (χ3n) is 1.67. The lowest BCUT2D eigenvalue weighted by atomic mass is 11.7. The number of rotatable bonds is 4. The van der Waals surface area contributed by atoms with Gasteiger partial charge < -0.3 is 0 Å². The van der Waals surface area contributed by atoms with Gasteiger partial charge in [0.25, 0.3) is 0 Å². The fraction of sp³-hybridized carbons (Fsp3) is 1.00. The first kappa shape index (κ1) is 13.4.